The molecule has 1 saturated heterocycles. The predicted octanol–water partition coefficient (Wildman–Crippen LogP) is 2.46. The van der Waals surface area contributed by atoms with Crippen molar-refractivity contribution < 1.29 is 9.90 Å². The second kappa shape index (κ2) is 6.64. The Bertz CT molecular complexity index is 246. The fourth-order valence-electron chi connectivity index (χ4n) is 2.83. The monoisotopic (exact) mass is 257 g/mol. The third-order valence-corrected chi connectivity index (χ3v) is 5.34. The van der Waals surface area contributed by atoms with Crippen LogP contribution < -0.4 is 0 Å². The van der Waals surface area contributed by atoms with Crippen LogP contribution in [-0.4, -0.2) is 46.6 Å². The van der Waals surface area contributed by atoms with Crippen LogP contribution in [-0.2, 0) is 4.79 Å². The van der Waals surface area contributed by atoms with Crippen molar-refractivity contribution in [1.29, 1.82) is 0 Å². The van der Waals surface area contributed by atoms with E-state index < -0.39 is 5.97 Å². The summed E-state index contributed by atoms with van der Waals surface area (Å²) in [7, 11) is 0. The van der Waals surface area contributed by atoms with E-state index in [-0.39, 0.29) is 5.92 Å². The average Bonchev–Trinajstić information content (AvgIpc) is 2.83. The van der Waals surface area contributed by atoms with Gasteiger partial charge < -0.3 is 10.0 Å². The van der Waals surface area contributed by atoms with E-state index in [1.807, 2.05) is 0 Å². The molecule has 17 heavy (non-hydrogen) atoms. The van der Waals surface area contributed by atoms with Crippen molar-refractivity contribution in [3.8, 4) is 0 Å². The van der Waals surface area contributed by atoms with Crippen LogP contribution in [0.2, 0.25) is 0 Å². The number of hydrogen-bond acceptors (Lipinski definition) is 3. The van der Waals surface area contributed by atoms with Gasteiger partial charge >= 0.3 is 5.97 Å². The van der Waals surface area contributed by atoms with Gasteiger partial charge in [0.1, 0.15) is 0 Å². The van der Waals surface area contributed by atoms with Gasteiger partial charge in [0.2, 0.25) is 0 Å². The normalized spacial score (nSPS) is 30.6. The number of carbonyl (C=O) groups is 1. The molecule has 0 aromatic heterocycles. The Hall–Kier alpha value is -0.220. The van der Waals surface area contributed by atoms with Crippen LogP contribution >= 0.6 is 11.8 Å². The molecule has 2 aliphatic rings. The standard InChI is InChI=1S/C13H23NO2S/c15-13(16)11-3-5-12(6-4-11)17-10-9-14-7-1-2-8-14/h11-12H,1-10H2,(H,15,16). The van der Waals surface area contributed by atoms with Crippen molar-refractivity contribution in [3.05, 3.63) is 0 Å². The molecule has 0 amide bonds. The Balaban J connectivity index is 1.56. The highest BCUT2D eigenvalue weighted by molar-refractivity contribution is 7.99. The van der Waals surface area contributed by atoms with Gasteiger partial charge in [-0.05, 0) is 51.6 Å². The van der Waals surface area contributed by atoms with Crippen molar-refractivity contribution in [2.24, 2.45) is 5.92 Å². The van der Waals surface area contributed by atoms with E-state index >= 15 is 0 Å². The van der Waals surface area contributed by atoms with Gasteiger partial charge in [-0.1, -0.05) is 0 Å². The highest BCUT2D eigenvalue weighted by Gasteiger charge is 2.26. The Kier molecular flexibility index (Phi) is 5.16. The zero-order valence-corrected chi connectivity index (χ0v) is 11.3. The molecule has 0 atom stereocenters. The van der Waals surface area contributed by atoms with E-state index in [0.717, 1.165) is 25.7 Å². The summed E-state index contributed by atoms with van der Waals surface area (Å²) in [6, 6.07) is 0. The minimum Gasteiger partial charge on any atom is -0.481 e. The lowest BCUT2D eigenvalue weighted by Gasteiger charge is -2.26. The molecule has 98 valence electrons. The topological polar surface area (TPSA) is 40.5 Å². The van der Waals surface area contributed by atoms with Crippen LogP contribution in [0.3, 0.4) is 0 Å². The number of thioether (sulfide) groups is 1. The Morgan fingerprint density at radius 1 is 1.18 bits per heavy atom. The summed E-state index contributed by atoms with van der Waals surface area (Å²) in [4.78, 5) is 13.4. The molecular weight excluding hydrogens is 234 g/mol. The van der Waals surface area contributed by atoms with Crippen LogP contribution in [0.5, 0.6) is 0 Å². The highest BCUT2D eigenvalue weighted by atomic mass is 32.2. The smallest absolute Gasteiger partial charge is 0.306 e. The van der Waals surface area contributed by atoms with Crippen LogP contribution in [0.4, 0.5) is 0 Å². The Morgan fingerprint density at radius 3 is 2.41 bits per heavy atom. The largest absolute Gasteiger partial charge is 0.481 e. The van der Waals surface area contributed by atoms with Crippen LogP contribution in [0.1, 0.15) is 38.5 Å². The number of hydrogen-bond donors (Lipinski definition) is 1. The number of aliphatic carboxylic acids is 1. The molecule has 1 heterocycles. The first-order valence-electron chi connectivity index (χ1n) is 6.82. The van der Waals surface area contributed by atoms with Crippen molar-refractivity contribution >= 4 is 17.7 Å². The lowest BCUT2D eigenvalue weighted by Crippen LogP contribution is -2.25. The summed E-state index contributed by atoms with van der Waals surface area (Å²) >= 11 is 2.06. The van der Waals surface area contributed by atoms with E-state index in [4.69, 9.17) is 5.11 Å². The zero-order chi connectivity index (χ0) is 12.1. The van der Waals surface area contributed by atoms with E-state index in [0.29, 0.717) is 5.25 Å². The van der Waals surface area contributed by atoms with Crippen LogP contribution in [0.25, 0.3) is 0 Å². The lowest BCUT2D eigenvalue weighted by molar-refractivity contribution is -0.142. The van der Waals surface area contributed by atoms with Gasteiger partial charge in [-0.15, -0.1) is 0 Å². The lowest BCUT2D eigenvalue weighted by atomic mass is 9.89. The second-order valence-electron chi connectivity index (χ2n) is 5.23. The molecule has 2 fully saturated rings. The summed E-state index contributed by atoms with van der Waals surface area (Å²) in [5, 5.41) is 9.65. The van der Waals surface area contributed by atoms with Crippen molar-refractivity contribution in [3.63, 3.8) is 0 Å². The van der Waals surface area contributed by atoms with E-state index in [2.05, 4.69) is 16.7 Å². The van der Waals surface area contributed by atoms with E-state index in [9.17, 15) is 4.79 Å². The summed E-state index contributed by atoms with van der Waals surface area (Å²) < 4.78 is 0. The van der Waals surface area contributed by atoms with Crippen molar-refractivity contribution in [2.45, 2.75) is 43.8 Å². The van der Waals surface area contributed by atoms with Gasteiger partial charge in [-0.3, -0.25) is 4.79 Å². The van der Waals surface area contributed by atoms with E-state index in [1.54, 1.807) is 0 Å². The number of rotatable bonds is 5. The molecule has 3 nitrogen and oxygen atoms in total. The number of likely N-dealkylation sites (tertiary alicyclic amines) is 1. The molecule has 1 aliphatic heterocycles. The zero-order valence-electron chi connectivity index (χ0n) is 10.4. The van der Waals surface area contributed by atoms with Gasteiger partial charge in [-0.2, -0.15) is 11.8 Å². The van der Waals surface area contributed by atoms with Crippen LogP contribution in [0.15, 0.2) is 0 Å². The second-order valence-corrected chi connectivity index (χ2v) is 6.64. The number of nitrogens with zero attached hydrogens (tertiary/aromatic N) is 1. The first-order valence-corrected chi connectivity index (χ1v) is 7.87. The molecule has 4 heteroatoms. The molecule has 1 saturated carbocycles. The van der Waals surface area contributed by atoms with Crippen molar-refractivity contribution in [1.82, 2.24) is 4.90 Å². The first kappa shape index (κ1) is 13.2. The third-order valence-electron chi connectivity index (χ3n) is 3.98. The third kappa shape index (κ3) is 4.18. The first-order chi connectivity index (χ1) is 8.25. The van der Waals surface area contributed by atoms with Gasteiger partial charge in [0.25, 0.3) is 0 Å². The van der Waals surface area contributed by atoms with Gasteiger partial charge in [-0.25, -0.2) is 0 Å². The van der Waals surface area contributed by atoms with Gasteiger partial charge in [0, 0.05) is 17.5 Å². The molecule has 0 unspecified atom stereocenters. The van der Waals surface area contributed by atoms with Crippen LogP contribution in [0, 0.1) is 5.92 Å². The quantitative estimate of drug-likeness (QED) is 0.821. The fraction of sp³-hybridized carbons (Fsp3) is 0.923. The molecule has 1 aliphatic carbocycles. The van der Waals surface area contributed by atoms with Gasteiger partial charge in [0.05, 0.1) is 5.92 Å². The maximum Gasteiger partial charge on any atom is 0.306 e. The van der Waals surface area contributed by atoms with Gasteiger partial charge in [0.15, 0.2) is 0 Å². The molecule has 1 N–H and O–H groups in total. The Labute approximate surface area is 108 Å². The number of carboxylic acids is 1. The molecule has 0 radical (unpaired) electrons. The summed E-state index contributed by atoms with van der Waals surface area (Å²) in [6.45, 7) is 3.79. The van der Waals surface area contributed by atoms with E-state index in [1.165, 1.54) is 38.2 Å². The summed E-state index contributed by atoms with van der Waals surface area (Å²) in [5.41, 5.74) is 0. The Morgan fingerprint density at radius 2 is 1.82 bits per heavy atom. The molecule has 0 bridgehead atoms. The molecule has 0 aromatic carbocycles. The summed E-state index contributed by atoms with van der Waals surface area (Å²) in [5.74, 6) is 0.568. The highest BCUT2D eigenvalue weighted by Crippen LogP contribution is 2.32. The summed E-state index contributed by atoms with van der Waals surface area (Å²) in [6.07, 6.45) is 6.71. The average molecular weight is 257 g/mol. The van der Waals surface area contributed by atoms with Crippen molar-refractivity contribution in [2.75, 3.05) is 25.4 Å². The number of carboxylic acid groups (broad SMARTS) is 1. The molecule has 2 rings (SSSR count). The molecule has 0 aromatic rings. The molecular formula is C13H23NO2S. The predicted molar refractivity (Wildman–Crippen MR) is 71.5 cm³/mol. The SMILES string of the molecule is O=C(O)C1CCC(SCCN2CCCC2)CC1. The molecule has 0 spiro atoms. The maximum atomic E-state index is 10.8. The fourth-order valence-corrected chi connectivity index (χ4v) is 4.13. The minimum absolute atomic E-state index is 0.0644. The maximum absolute atomic E-state index is 10.8. The minimum atomic E-state index is -0.592.